The van der Waals surface area contributed by atoms with Crippen LogP contribution in [0.15, 0.2) is 43.2 Å². The number of nitrogens with one attached hydrogen (secondary N) is 3. The van der Waals surface area contributed by atoms with Crippen LogP contribution in [0.2, 0.25) is 0 Å². The third-order valence-electron chi connectivity index (χ3n) is 6.69. The monoisotopic (exact) mass is 609 g/mol. The fourth-order valence-corrected chi connectivity index (χ4v) is 5.25. The Bertz CT molecular complexity index is 1850. The number of hydrogen-bond donors (Lipinski definition) is 3. The van der Waals surface area contributed by atoms with Crippen molar-refractivity contribution in [3.63, 3.8) is 0 Å². The summed E-state index contributed by atoms with van der Waals surface area (Å²) >= 11 is 0. The molecule has 17 nitrogen and oxygen atoms in total. The first-order chi connectivity index (χ1) is 20.9. The van der Waals surface area contributed by atoms with Gasteiger partial charge in [-0.2, -0.15) is 20.1 Å². The Labute approximate surface area is 244 Å². The van der Waals surface area contributed by atoms with Crippen LogP contribution in [-0.4, -0.2) is 93.2 Å². The number of aromatic nitrogens is 8. The first-order valence-electron chi connectivity index (χ1n) is 13.4. The van der Waals surface area contributed by atoms with Gasteiger partial charge in [-0.15, -0.1) is 0 Å². The van der Waals surface area contributed by atoms with Gasteiger partial charge in [0.15, 0.2) is 11.3 Å². The van der Waals surface area contributed by atoms with Crippen molar-refractivity contribution in [3.05, 3.63) is 43.2 Å². The average molecular weight is 610 g/mol. The zero-order valence-corrected chi connectivity index (χ0v) is 23.7. The molecule has 0 amide bonds. The highest BCUT2D eigenvalue weighted by atomic mass is 32.2. The van der Waals surface area contributed by atoms with E-state index in [0.29, 0.717) is 73.0 Å². The lowest BCUT2D eigenvalue weighted by Crippen LogP contribution is -2.32. The fourth-order valence-electron chi connectivity index (χ4n) is 4.70. The predicted molar refractivity (Wildman–Crippen MR) is 153 cm³/mol. The molecule has 0 spiro atoms. The van der Waals surface area contributed by atoms with E-state index in [2.05, 4.69) is 44.6 Å². The molecule has 18 heteroatoms. The topological polar surface area (TPSA) is 198 Å². The standard InChI is InChI=1S/C25H27N11O6S/c1-43(37,38)34-15-2-3-20(35(41-16-4-6-39-11-16)24-26-9-18-22(32-24)30-13-28-18)21(8-15)36(42-17-5-7-40-12-17)25-27-10-19-23(33-25)31-14-29-19/h2-3,8-10,13-14,16-17,34H,4-7,11-12H2,1H3,(H,26,28,30,32)(H,27,29,31,33). The summed E-state index contributed by atoms with van der Waals surface area (Å²) in [5.74, 6) is 0.335. The van der Waals surface area contributed by atoms with Gasteiger partial charge in [-0.3, -0.25) is 14.4 Å². The molecule has 3 N–H and O–H groups in total. The van der Waals surface area contributed by atoms with Crippen LogP contribution in [0, 0.1) is 0 Å². The Morgan fingerprint density at radius 2 is 1.40 bits per heavy atom. The number of imidazole rings is 2. The van der Waals surface area contributed by atoms with Gasteiger partial charge in [0.05, 0.1) is 55.9 Å². The van der Waals surface area contributed by atoms with E-state index in [0.717, 1.165) is 6.26 Å². The van der Waals surface area contributed by atoms with E-state index in [1.54, 1.807) is 30.6 Å². The number of fused-ring (bicyclic) bond motifs is 2. The number of H-pyrrole nitrogens is 2. The van der Waals surface area contributed by atoms with Crippen LogP contribution in [-0.2, 0) is 29.2 Å². The smallest absolute Gasteiger partial charge is 0.256 e. The maximum Gasteiger partial charge on any atom is 0.256 e. The zero-order chi connectivity index (χ0) is 29.4. The zero-order valence-electron chi connectivity index (χ0n) is 22.9. The Kier molecular flexibility index (Phi) is 7.19. The van der Waals surface area contributed by atoms with Crippen LogP contribution in [0.3, 0.4) is 0 Å². The molecular formula is C25H27N11O6S. The molecule has 6 heterocycles. The highest BCUT2D eigenvalue weighted by molar-refractivity contribution is 7.92. The summed E-state index contributed by atoms with van der Waals surface area (Å²) in [6, 6.07) is 4.87. The molecule has 4 aromatic heterocycles. The molecule has 2 aliphatic heterocycles. The van der Waals surface area contributed by atoms with Crippen molar-refractivity contribution >= 4 is 61.3 Å². The Hall–Kier alpha value is -4.49. The molecule has 2 fully saturated rings. The molecule has 1 aromatic carbocycles. The summed E-state index contributed by atoms with van der Waals surface area (Å²) < 4.78 is 38.1. The van der Waals surface area contributed by atoms with Gasteiger partial charge < -0.3 is 19.4 Å². The van der Waals surface area contributed by atoms with Crippen molar-refractivity contribution in [3.8, 4) is 0 Å². The van der Waals surface area contributed by atoms with E-state index in [1.165, 1.54) is 22.8 Å². The minimum atomic E-state index is -3.62. The van der Waals surface area contributed by atoms with E-state index in [-0.39, 0.29) is 29.8 Å². The van der Waals surface area contributed by atoms with Gasteiger partial charge in [0.1, 0.15) is 28.9 Å². The Morgan fingerprint density at radius 3 is 1.91 bits per heavy atom. The molecule has 2 aliphatic rings. The maximum absolute atomic E-state index is 12.2. The summed E-state index contributed by atoms with van der Waals surface area (Å²) in [5, 5.41) is 2.88. The minimum Gasteiger partial charge on any atom is -0.379 e. The van der Waals surface area contributed by atoms with Gasteiger partial charge in [-0.05, 0) is 18.2 Å². The van der Waals surface area contributed by atoms with Crippen molar-refractivity contribution in [1.82, 2.24) is 39.9 Å². The van der Waals surface area contributed by atoms with Crippen molar-refractivity contribution in [2.45, 2.75) is 25.0 Å². The number of nitrogens with zero attached hydrogens (tertiary/aromatic N) is 8. The van der Waals surface area contributed by atoms with Crippen LogP contribution in [0.4, 0.5) is 29.0 Å². The molecule has 0 bridgehead atoms. The lowest BCUT2D eigenvalue weighted by molar-refractivity contribution is 0.0349. The second kappa shape index (κ2) is 11.3. The van der Waals surface area contributed by atoms with Crippen LogP contribution in [0.5, 0.6) is 0 Å². The summed E-state index contributed by atoms with van der Waals surface area (Å²) in [7, 11) is -3.62. The molecule has 43 heavy (non-hydrogen) atoms. The summed E-state index contributed by atoms with van der Waals surface area (Å²) in [5.41, 5.74) is 3.13. The van der Waals surface area contributed by atoms with Crippen molar-refractivity contribution in [2.24, 2.45) is 0 Å². The third kappa shape index (κ3) is 5.90. The van der Waals surface area contributed by atoms with Gasteiger partial charge in [0.25, 0.3) is 11.9 Å². The Morgan fingerprint density at radius 1 is 0.837 bits per heavy atom. The molecule has 0 saturated carbocycles. The molecule has 0 aliphatic carbocycles. The lowest BCUT2D eigenvalue weighted by Gasteiger charge is -2.31. The molecule has 2 saturated heterocycles. The largest absolute Gasteiger partial charge is 0.379 e. The van der Waals surface area contributed by atoms with E-state index in [9.17, 15) is 8.42 Å². The lowest BCUT2D eigenvalue weighted by atomic mass is 10.2. The molecule has 2 unspecified atom stereocenters. The number of aromatic amines is 2. The quantitative estimate of drug-likeness (QED) is 0.194. The SMILES string of the molecule is CS(=O)(=O)Nc1ccc(N(OC2CCOC2)c2ncc3[nH]cnc3n2)c(N(OC2CCOC2)c2ncc3[nH]cnc3n2)c1. The molecule has 2 atom stereocenters. The fraction of sp³-hybridized carbons (Fsp3) is 0.360. The minimum absolute atomic E-state index is 0.150. The number of hydrogen-bond acceptors (Lipinski definition) is 14. The second-order valence-corrected chi connectivity index (χ2v) is 11.7. The molecule has 7 rings (SSSR count). The predicted octanol–water partition coefficient (Wildman–Crippen LogP) is 2.11. The maximum atomic E-state index is 12.2. The molecule has 224 valence electrons. The van der Waals surface area contributed by atoms with E-state index in [1.807, 2.05) is 0 Å². The van der Waals surface area contributed by atoms with E-state index in [4.69, 9.17) is 19.1 Å². The highest BCUT2D eigenvalue weighted by Gasteiger charge is 2.31. The number of ether oxygens (including phenoxy) is 2. The number of anilines is 5. The van der Waals surface area contributed by atoms with Gasteiger partial charge >= 0.3 is 0 Å². The summed E-state index contributed by atoms with van der Waals surface area (Å²) in [6.45, 7) is 1.77. The van der Waals surface area contributed by atoms with Crippen molar-refractivity contribution < 1.29 is 27.6 Å². The van der Waals surface area contributed by atoms with Crippen LogP contribution in [0.1, 0.15) is 12.8 Å². The average Bonchev–Trinajstić information content (AvgIpc) is 3.81. The molecular weight excluding hydrogens is 582 g/mol. The summed E-state index contributed by atoms with van der Waals surface area (Å²) in [6.07, 6.45) is 7.91. The first-order valence-corrected chi connectivity index (χ1v) is 15.3. The van der Waals surface area contributed by atoms with Gasteiger partial charge in [0.2, 0.25) is 10.0 Å². The molecule has 5 aromatic rings. The Balaban J connectivity index is 1.40. The normalized spacial score (nSPS) is 18.9. The molecule has 0 radical (unpaired) electrons. The summed E-state index contributed by atoms with van der Waals surface area (Å²) in [4.78, 5) is 45.7. The van der Waals surface area contributed by atoms with Crippen molar-refractivity contribution in [2.75, 3.05) is 47.5 Å². The van der Waals surface area contributed by atoms with E-state index < -0.39 is 10.0 Å². The number of benzene rings is 1. The third-order valence-corrected chi connectivity index (χ3v) is 7.30. The van der Waals surface area contributed by atoms with Gasteiger partial charge in [-0.1, -0.05) is 0 Å². The van der Waals surface area contributed by atoms with Gasteiger partial charge in [0, 0.05) is 26.1 Å². The number of rotatable bonds is 10. The number of sulfonamides is 1. The second-order valence-electron chi connectivity index (χ2n) is 9.97. The van der Waals surface area contributed by atoms with Crippen LogP contribution in [0.25, 0.3) is 22.3 Å². The van der Waals surface area contributed by atoms with Crippen molar-refractivity contribution in [1.29, 1.82) is 0 Å². The van der Waals surface area contributed by atoms with Crippen LogP contribution >= 0.6 is 0 Å². The highest BCUT2D eigenvalue weighted by Crippen LogP contribution is 2.40. The first kappa shape index (κ1) is 27.3. The van der Waals surface area contributed by atoms with Gasteiger partial charge in [-0.25, -0.2) is 28.4 Å². The van der Waals surface area contributed by atoms with Crippen LogP contribution < -0.4 is 14.8 Å². The van der Waals surface area contributed by atoms with E-state index >= 15 is 0 Å².